The molecule has 10 heteroatoms. The summed E-state index contributed by atoms with van der Waals surface area (Å²) in [6.45, 7) is 0.415. The molecule has 4 heterocycles. The summed E-state index contributed by atoms with van der Waals surface area (Å²) < 4.78 is 33.5. The molecule has 1 aliphatic heterocycles. The van der Waals surface area contributed by atoms with Crippen LogP contribution in [0, 0.1) is 0 Å². The van der Waals surface area contributed by atoms with Crippen molar-refractivity contribution in [2.75, 3.05) is 6.54 Å². The second-order valence-electron chi connectivity index (χ2n) is 6.45. The molecule has 1 amide bonds. The lowest BCUT2D eigenvalue weighted by molar-refractivity contribution is -0.119. The van der Waals surface area contributed by atoms with Crippen LogP contribution in [-0.2, 0) is 21.4 Å². The van der Waals surface area contributed by atoms with Crippen LogP contribution in [-0.4, -0.2) is 41.4 Å². The average molecular weight is 419 g/mol. The molecule has 0 aliphatic carbocycles. The Labute approximate surface area is 166 Å². The summed E-state index contributed by atoms with van der Waals surface area (Å²) in [5.74, 6) is 0.477. The first-order chi connectivity index (χ1) is 13.5. The number of amides is 1. The van der Waals surface area contributed by atoms with Crippen molar-refractivity contribution in [1.82, 2.24) is 19.8 Å². The number of thiophene rings is 1. The molecule has 1 aliphatic rings. The lowest BCUT2D eigenvalue weighted by Crippen LogP contribution is -2.41. The van der Waals surface area contributed by atoms with Crippen molar-refractivity contribution in [1.29, 1.82) is 0 Å². The molecule has 28 heavy (non-hydrogen) atoms. The van der Waals surface area contributed by atoms with Gasteiger partial charge in [0.2, 0.25) is 5.91 Å². The van der Waals surface area contributed by atoms with Crippen LogP contribution in [0.1, 0.15) is 18.4 Å². The van der Waals surface area contributed by atoms with Gasteiger partial charge in [0.25, 0.3) is 10.0 Å². The maximum Gasteiger partial charge on any atom is 0.252 e. The van der Waals surface area contributed by atoms with Gasteiger partial charge in [-0.15, -0.1) is 11.3 Å². The number of hydrogen-bond donors (Lipinski definition) is 1. The predicted molar refractivity (Wildman–Crippen MR) is 103 cm³/mol. The first-order valence-corrected chi connectivity index (χ1v) is 11.0. The minimum Gasteiger partial charge on any atom is -0.355 e. The molecule has 3 aromatic rings. The molecule has 1 N–H and O–H groups in total. The van der Waals surface area contributed by atoms with Gasteiger partial charge in [-0.3, -0.25) is 9.78 Å². The van der Waals surface area contributed by atoms with Gasteiger partial charge in [0.15, 0.2) is 5.76 Å². The largest absolute Gasteiger partial charge is 0.355 e. The zero-order chi connectivity index (χ0) is 19.6. The number of nitrogens with zero attached hydrogens (tertiary/aromatic N) is 3. The fourth-order valence-corrected chi connectivity index (χ4v) is 5.95. The van der Waals surface area contributed by atoms with E-state index in [1.165, 1.54) is 10.5 Å². The Bertz CT molecular complexity index is 1050. The molecule has 4 rings (SSSR count). The van der Waals surface area contributed by atoms with E-state index in [9.17, 15) is 13.2 Å². The van der Waals surface area contributed by atoms with E-state index in [0.29, 0.717) is 23.5 Å². The highest BCUT2D eigenvalue weighted by atomic mass is 32.2. The maximum absolute atomic E-state index is 13.4. The van der Waals surface area contributed by atoms with Crippen LogP contribution in [0.25, 0.3) is 10.6 Å². The maximum atomic E-state index is 13.4. The summed E-state index contributed by atoms with van der Waals surface area (Å²) in [5.41, 5.74) is 0.829. The number of sulfonamides is 1. The minimum absolute atomic E-state index is 0.0463. The lowest BCUT2D eigenvalue weighted by atomic mass is 10.2. The summed E-state index contributed by atoms with van der Waals surface area (Å²) >= 11 is 1.13. The number of rotatable bonds is 7. The second kappa shape index (κ2) is 7.82. The monoisotopic (exact) mass is 418 g/mol. The van der Waals surface area contributed by atoms with Crippen LogP contribution in [0.5, 0.6) is 0 Å². The van der Waals surface area contributed by atoms with Crippen molar-refractivity contribution < 1.29 is 17.7 Å². The molecule has 1 saturated heterocycles. The van der Waals surface area contributed by atoms with Crippen molar-refractivity contribution in [2.24, 2.45) is 0 Å². The van der Waals surface area contributed by atoms with E-state index in [-0.39, 0.29) is 29.2 Å². The standard InChI is InChI=1S/C18H18N4O4S2/c23-17-3-1-14(21-17)12-22(11-13-5-8-19-9-6-13)28(24,25)18-4-2-16(27-18)15-7-10-20-26-15/h2,4-10,14H,1,3,11-12H2,(H,21,23)/t14-/m0/s1. The molecule has 0 saturated carbocycles. The number of pyridine rings is 1. The average Bonchev–Trinajstić information content (AvgIpc) is 3.43. The molecule has 3 aromatic heterocycles. The Hall–Kier alpha value is -2.56. The molecular formula is C18H18N4O4S2. The van der Waals surface area contributed by atoms with Crippen LogP contribution in [0.3, 0.4) is 0 Å². The van der Waals surface area contributed by atoms with E-state index in [2.05, 4.69) is 15.5 Å². The first kappa shape index (κ1) is 18.8. The van der Waals surface area contributed by atoms with Crippen molar-refractivity contribution in [3.63, 3.8) is 0 Å². The van der Waals surface area contributed by atoms with Crippen LogP contribution in [0.15, 0.2) is 57.7 Å². The Balaban J connectivity index is 1.62. The van der Waals surface area contributed by atoms with Gasteiger partial charge < -0.3 is 9.84 Å². The van der Waals surface area contributed by atoms with Gasteiger partial charge in [-0.25, -0.2) is 8.42 Å². The first-order valence-electron chi connectivity index (χ1n) is 8.72. The van der Waals surface area contributed by atoms with Crippen LogP contribution >= 0.6 is 11.3 Å². The predicted octanol–water partition coefficient (Wildman–Crippen LogP) is 2.27. The van der Waals surface area contributed by atoms with E-state index in [1.54, 1.807) is 42.7 Å². The summed E-state index contributed by atoms with van der Waals surface area (Å²) in [6.07, 6.45) is 5.81. The van der Waals surface area contributed by atoms with Crippen molar-refractivity contribution in [3.05, 3.63) is 54.5 Å². The molecule has 0 radical (unpaired) electrons. The van der Waals surface area contributed by atoms with E-state index >= 15 is 0 Å². The summed E-state index contributed by atoms with van der Waals surface area (Å²) in [5, 5.41) is 6.51. The smallest absolute Gasteiger partial charge is 0.252 e. The van der Waals surface area contributed by atoms with E-state index in [4.69, 9.17) is 4.52 Å². The van der Waals surface area contributed by atoms with Gasteiger partial charge >= 0.3 is 0 Å². The van der Waals surface area contributed by atoms with Crippen LogP contribution in [0.2, 0.25) is 0 Å². The van der Waals surface area contributed by atoms with Gasteiger partial charge in [-0.1, -0.05) is 5.16 Å². The molecule has 146 valence electrons. The van der Waals surface area contributed by atoms with Crippen molar-refractivity contribution in [2.45, 2.75) is 29.6 Å². The summed E-state index contributed by atoms with van der Waals surface area (Å²) in [7, 11) is -3.76. The number of aromatic nitrogens is 2. The highest BCUT2D eigenvalue weighted by molar-refractivity contribution is 7.91. The zero-order valence-corrected chi connectivity index (χ0v) is 16.4. The SMILES string of the molecule is O=C1CC[C@@H](CN(Cc2ccncc2)S(=O)(=O)c2ccc(-c3ccno3)s2)N1. The van der Waals surface area contributed by atoms with Crippen LogP contribution < -0.4 is 5.32 Å². The number of carbonyl (C=O) groups excluding carboxylic acids is 1. The third-order valence-corrected chi connectivity index (χ3v) is 7.85. The normalized spacial score (nSPS) is 17.2. The molecule has 0 spiro atoms. The highest BCUT2D eigenvalue weighted by Gasteiger charge is 2.31. The molecular weight excluding hydrogens is 400 g/mol. The highest BCUT2D eigenvalue weighted by Crippen LogP contribution is 2.33. The van der Waals surface area contributed by atoms with E-state index < -0.39 is 10.0 Å². The molecule has 0 bridgehead atoms. The molecule has 1 fully saturated rings. The lowest BCUT2D eigenvalue weighted by Gasteiger charge is -2.24. The molecule has 1 atom stereocenters. The molecule has 8 nitrogen and oxygen atoms in total. The number of carbonyl (C=O) groups is 1. The Kier molecular flexibility index (Phi) is 5.25. The summed E-state index contributed by atoms with van der Waals surface area (Å²) in [4.78, 5) is 16.2. The van der Waals surface area contributed by atoms with E-state index in [0.717, 1.165) is 16.9 Å². The van der Waals surface area contributed by atoms with Gasteiger partial charge in [-0.2, -0.15) is 4.31 Å². The third-order valence-electron chi connectivity index (χ3n) is 4.47. The Morgan fingerprint density at radius 2 is 2.00 bits per heavy atom. The zero-order valence-electron chi connectivity index (χ0n) is 14.8. The number of nitrogens with one attached hydrogen (secondary N) is 1. The third kappa shape index (κ3) is 3.98. The van der Waals surface area contributed by atoms with Gasteiger partial charge in [0.05, 0.1) is 11.1 Å². The fraction of sp³-hybridized carbons (Fsp3) is 0.278. The van der Waals surface area contributed by atoms with Crippen LogP contribution in [0.4, 0.5) is 0 Å². The number of hydrogen-bond acceptors (Lipinski definition) is 7. The fourth-order valence-electron chi connectivity index (χ4n) is 3.06. The Morgan fingerprint density at radius 1 is 1.18 bits per heavy atom. The van der Waals surface area contributed by atoms with Gasteiger partial charge in [-0.05, 0) is 36.2 Å². The molecule has 0 unspecified atom stereocenters. The second-order valence-corrected chi connectivity index (χ2v) is 9.70. The molecule has 0 aromatic carbocycles. The van der Waals surface area contributed by atoms with Gasteiger partial charge in [0.1, 0.15) is 4.21 Å². The quantitative estimate of drug-likeness (QED) is 0.631. The van der Waals surface area contributed by atoms with Gasteiger partial charge in [0, 0.05) is 44.0 Å². The van der Waals surface area contributed by atoms with Crippen molar-refractivity contribution in [3.8, 4) is 10.6 Å². The minimum atomic E-state index is -3.76. The summed E-state index contributed by atoms with van der Waals surface area (Å²) in [6, 6.07) is 8.34. The topological polar surface area (TPSA) is 105 Å². The van der Waals surface area contributed by atoms with Crippen molar-refractivity contribution >= 4 is 27.3 Å². The Morgan fingerprint density at radius 3 is 2.68 bits per heavy atom. The van der Waals surface area contributed by atoms with E-state index in [1.807, 2.05) is 0 Å².